The van der Waals surface area contributed by atoms with Crippen molar-refractivity contribution in [1.82, 2.24) is 9.55 Å². The average Bonchev–Trinajstić information content (AvgIpc) is 2.34. The van der Waals surface area contributed by atoms with Gasteiger partial charge in [-0.25, -0.2) is 4.98 Å². The maximum absolute atomic E-state index is 11.2. The highest BCUT2D eigenvalue weighted by Gasteiger charge is 2.13. The molecule has 1 heterocycles. The number of hydrogen-bond acceptors (Lipinski definition) is 3. The van der Waals surface area contributed by atoms with E-state index in [0.717, 1.165) is 16.1 Å². The van der Waals surface area contributed by atoms with Crippen LogP contribution in [0.15, 0.2) is 4.73 Å². The molecule has 0 aliphatic heterocycles. The van der Waals surface area contributed by atoms with E-state index in [0.29, 0.717) is 6.61 Å². The Hall–Kier alpha value is -0.840. The van der Waals surface area contributed by atoms with Gasteiger partial charge in [0.05, 0.1) is 18.7 Å². The first-order valence-electron chi connectivity index (χ1n) is 4.39. The Bertz CT molecular complexity index is 347. The van der Waals surface area contributed by atoms with Crippen molar-refractivity contribution in [3.05, 3.63) is 16.1 Å². The molecule has 1 aromatic heterocycles. The summed E-state index contributed by atoms with van der Waals surface area (Å²) in [6, 6.07) is 0. The minimum absolute atomic E-state index is 0.235. The van der Waals surface area contributed by atoms with Gasteiger partial charge in [-0.2, -0.15) is 0 Å². The van der Waals surface area contributed by atoms with Crippen molar-refractivity contribution in [1.29, 1.82) is 0 Å². The van der Waals surface area contributed by atoms with Crippen molar-refractivity contribution in [2.24, 2.45) is 7.05 Å². The Kier molecular flexibility index (Phi) is 3.69. The van der Waals surface area contributed by atoms with Gasteiger partial charge in [-0.15, -0.1) is 0 Å². The predicted molar refractivity (Wildman–Crippen MR) is 56.0 cm³/mol. The Morgan fingerprint density at radius 1 is 1.64 bits per heavy atom. The lowest BCUT2D eigenvalue weighted by atomic mass is 10.2. The maximum Gasteiger partial charge on any atom is 0.311 e. The zero-order chi connectivity index (χ0) is 10.7. The second-order valence-corrected chi connectivity index (χ2v) is 3.66. The van der Waals surface area contributed by atoms with Gasteiger partial charge in [-0.05, 0) is 29.8 Å². The quantitative estimate of drug-likeness (QED) is 0.776. The molecule has 0 bridgehead atoms. The molecule has 0 N–H and O–H groups in total. The first-order chi connectivity index (χ1) is 6.56. The molecule has 14 heavy (non-hydrogen) atoms. The van der Waals surface area contributed by atoms with Crippen molar-refractivity contribution >= 4 is 21.9 Å². The topological polar surface area (TPSA) is 44.1 Å². The molecule has 0 radical (unpaired) electrons. The summed E-state index contributed by atoms with van der Waals surface area (Å²) in [4.78, 5) is 15.4. The molecule has 0 fully saturated rings. The molecule has 0 saturated carbocycles. The third-order valence-corrected chi connectivity index (χ3v) is 2.75. The molecule has 0 spiro atoms. The predicted octanol–water partition coefficient (Wildman–Crippen LogP) is 1.60. The van der Waals surface area contributed by atoms with E-state index in [1.165, 1.54) is 0 Å². The van der Waals surface area contributed by atoms with Gasteiger partial charge in [0.2, 0.25) is 0 Å². The van der Waals surface area contributed by atoms with Crippen molar-refractivity contribution in [3.8, 4) is 0 Å². The minimum Gasteiger partial charge on any atom is -0.466 e. The lowest BCUT2D eigenvalue weighted by Crippen LogP contribution is -2.08. The van der Waals surface area contributed by atoms with Gasteiger partial charge in [-0.3, -0.25) is 4.79 Å². The van der Waals surface area contributed by atoms with Gasteiger partial charge in [0.1, 0.15) is 0 Å². The van der Waals surface area contributed by atoms with Crippen LogP contribution in [0.2, 0.25) is 0 Å². The summed E-state index contributed by atoms with van der Waals surface area (Å²) < 4.78 is 7.46. The normalized spacial score (nSPS) is 10.3. The summed E-state index contributed by atoms with van der Waals surface area (Å²) in [5, 5.41) is 0. The Morgan fingerprint density at radius 2 is 2.29 bits per heavy atom. The molecule has 5 heteroatoms. The number of nitrogens with zero attached hydrogens (tertiary/aromatic N) is 2. The van der Waals surface area contributed by atoms with Crippen LogP contribution >= 0.6 is 15.9 Å². The molecule has 78 valence electrons. The fraction of sp³-hybridized carbons (Fsp3) is 0.556. The summed E-state index contributed by atoms with van der Waals surface area (Å²) in [5.74, 6) is -0.235. The summed E-state index contributed by atoms with van der Waals surface area (Å²) in [6.45, 7) is 4.12. The third-order valence-electron chi connectivity index (χ3n) is 2.04. The van der Waals surface area contributed by atoms with Crippen molar-refractivity contribution < 1.29 is 9.53 Å². The van der Waals surface area contributed by atoms with Crippen LogP contribution in [-0.4, -0.2) is 22.1 Å². The number of esters is 1. The molecule has 0 saturated heterocycles. The largest absolute Gasteiger partial charge is 0.466 e. The van der Waals surface area contributed by atoms with Crippen molar-refractivity contribution in [2.75, 3.05) is 6.61 Å². The number of carbonyl (C=O) groups is 1. The lowest BCUT2D eigenvalue weighted by Gasteiger charge is -2.00. The van der Waals surface area contributed by atoms with Crippen molar-refractivity contribution in [2.45, 2.75) is 20.3 Å². The summed E-state index contributed by atoms with van der Waals surface area (Å²) in [6.07, 6.45) is 0.235. The summed E-state index contributed by atoms with van der Waals surface area (Å²) in [7, 11) is 1.89. The summed E-state index contributed by atoms with van der Waals surface area (Å²) in [5.41, 5.74) is 1.74. The Labute approximate surface area is 91.4 Å². The van der Waals surface area contributed by atoms with Crippen LogP contribution in [0, 0.1) is 6.92 Å². The number of aromatic nitrogens is 2. The zero-order valence-electron chi connectivity index (χ0n) is 8.50. The molecule has 0 atom stereocenters. The molecule has 0 aliphatic carbocycles. The third kappa shape index (κ3) is 2.35. The smallest absolute Gasteiger partial charge is 0.311 e. The molecule has 0 aliphatic rings. The molecule has 1 aromatic rings. The monoisotopic (exact) mass is 260 g/mol. The van der Waals surface area contributed by atoms with Gasteiger partial charge >= 0.3 is 5.97 Å². The fourth-order valence-electron chi connectivity index (χ4n) is 1.12. The van der Waals surface area contributed by atoms with Gasteiger partial charge < -0.3 is 9.30 Å². The molecule has 0 aromatic carbocycles. The molecule has 0 amide bonds. The first kappa shape index (κ1) is 11.2. The fourth-order valence-corrected chi connectivity index (χ4v) is 1.60. The highest BCUT2D eigenvalue weighted by Crippen LogP contribution is 2.14. The maximum atomic E-state index is 11.2. The van der Waals surface area contributed by atoms with Gasteiger partial charge in [0.15, 0.2) is 4.73 Å². The Morgan fingerprint density at radius 3 is 2.71 bits per heavy atom. The van der Waals surface area contributed by atoms with E-state index in [9.17, 15) is 4.79 Å². The number of rotatable bonds is 3. The van der Waals surface area contributed by atoms with Gasteiger partial charge in [0.25, 0.3) is 0 Å². The van der Waals surface area contributed by atoms with E-state index in [2.05, 4.69) is 20.9 Å². The summed E-state index contributed by atoms with van der Waals surface area (Å²) >= 11 is 3.30. The lowest BCUT2D eigenvalue weighted by molar-refractivity contribution is -0.142. The molecular formula is C9H13BrN2O2. The van der Waals surface area contributed by atoms with Crippen LogP contribution in [0.25, 0.3) is 0 Å². The highest BCUT2D eigenvalue weighted by atomic mass is 79.9. The zero-order valence-corrected chi connectivity index (χ0v) is 10.1. The molecule has 4 nitrogen and oxygen atoms in total. The van der Waals surface area contributed by atoms with E-state index in [1.807, 2.05) is 18.5 Å². The van der Waals surface area contributed by atoms with E-state index in [-0.39, 0.29) is 12.4 Å². The van der Waals surface area contributed by atoms with Crippen LogP contribution in [0.4, 0.5) is 0 Å². The number of carbonyl (C=O) groups excluding carboxylic acids is 1. The number of halogens is 1. The van der Waals surface area contributed by atoms with Gasteiger partial charge in [-0.1, -0.05) is 0 Å². The van der Waals surface area contributed by atoms with E-state index in [4.69, 9.17) is 4.74 Å². The van der Waals surface area contributed by atoms with Crippen LogP contribution in [0.1, 0.15) is 18.3 Å². The molecule has 1 rings (SSSR count). The number of hydrogen-bond donors (Lipinski definition) is 0. The van der Waals surface area contributed by atoms with E-state index in [1.54, 1.807) is 6.92 Å². The highest BCUT2D eigenvalue weighted by molar-refractivity contribution is 9.10. The van der Waals surface area contributed by atoms with Crippen molar-refractivity contribution in [3.63, 3.8) is 0 Å². The molecule has 0 unspecified atom stereocenters. The van der Waals surface area contributed by atoms with Crippen LogP contribution in [-0.2, 0) is 23.0 Å². The second-order valence-electron chi connectivity index (χ2n) is 2.95. The molecular weight excluding hydrogens is 248 g/mol. The van der Waals surface area contributed by atoms with E-state index >= 15 is 0 Å². The Balaban J connectivity index is 2.77. The SMILES string of the molecule is CCOC(=O)Cc1nc(Br)n(C)c1C. The van der Waals surface area contributed by atoms with Crippen LogP contribution in [0.5, 0.6) is 0 Å². The van der Waals surface area contributed by atoms with Crippen LogP contribution in [0.3, 0.4) is 0 Å². The number of ether oxygens (including phenoxy) is 1. The second kappa shape index (κ2) is 4.59. The van der Waals surface area contributed by atoms with Gasteiger partial charge in [0, 0.05) is 12.7 Å². The minimum atomic E-state index is -0.235. The first-order valence-corrected chi connectivity index (χ1v) is 5.18. The number of imidazole rings is 1. The van der Waals surface area contributed by atoms with E-state index < -0.39 is 0 Å². The average molecular weight is 261 g/mol. The van der Waals surface area contributed by atoms with Crippen LogP contribution < -0.4 is 0 Å². The standard InChI is InChI=1S/C9H13BrN2O2/c1-4-14-8(13)5-7-6(2)12(3)9(10)11-7/h4-5H2,1-3H3.